The standard InChI is InChI=1S/C10H17N3O2/c1-7-4-11-5-8(7)10(15)13-3-2-12-9(14)6-13/h7-8,11H,2-6H2,1H3,(H,12,14)/t7-,8-/m1/s1. The third kappa shape index (κ3) is 2.12. The molecule has 2 saturated heterocycles. The van der Waals surface area contributed by atoms with Gasteiger partial charge in [-0.15, -0.1) is 0 Å². The molecular formula is C10H17N3O2. The summed E-state index contributed by atoms with van der Waals surface area (Å²) < 4.78 is 0. The fourth-order valence-corrected chi connectivity index (χ4v) is 2.20. The van der Waals surface area contributed by atoms with Crippen molar-refractivity contribution in [3.63, 3.8) is 0 Å². The number of hydrogen-bond donors (Lipinski definition) is 2. The van der Waals surface area contributed by atoms with E-state index in [0.717, 1.165) is 13.1 Å². The first-order valence-corrected chi connectivity index (χ1v) is 5.44. The molecule has 0 unspecified atom stereocenters. The molecule has 84 valence electrons. The molecule has 0 saturated carbocycles. The van der Waals surface area contributed by atoms with Crippen molar-refractivity contribution in [2.75, 3.05) is 32.7 Å². The Labute approximate surface area is 89.2 Å². The van der Waals surface area contributed by atoms with Crippen LogP contribution in [0.5, 0.6) is 0 Å². The van der Waals surface area contributed by atoms with Gasteiger partial charge in [-0.25, -0.2) is 0 Å². The topological polar surface area (TPSA) is 61.4 Å². The summed E-state index contributed by atoms with van der Waals surface area (Å²) in [5, 5.41) is 5.93. The highest BCUT2D eigenvalue weighted by Crippen LogP contribution is 2.18. The lowest BCUT2D eigenvalue weighted by Crippen LogP contribution is -2.52. The number of carbonyl (C=O) groups is 2. The summed E-state index contributed by atoms with van der Waals surface area (Å²) in [6.07, 6.45) is 0. The lowest BCUT2D eigenvalue weighted by molar-refractivity contribution is -0.141. The first-order chi connectivity index (χ1) is 7.18. The van der Waals surface area contributed by atoms with Gasteiger partial charge in [0.2, 0.25) is 11.8 Å². The minimum Gasteiger partial charge on any atom is -0.353 e. The second kappa shape index (κ2) is 4.18. The monoisotopic (exact) mass is 211 g/mol. The summed E-state index contributed by atoms with van der Waals surface area (Å²) in [5.41, 5.74) is 0. The van der Waals surface area contributed by atoms with Gasteiger partial charge in [-0.05, 0) is 12.5 Å². The fourth-order valence-electron chi connectivity index (χ4n) is 2.20. The Balaban J connectivity index is 1.97. The molecular weight excluding hydrogens is 194 g/mol. The second-order valence-electron chi connectivity index (χ2n) is 4.35. The lowest BCUT2D eigenvalue weighted by atomic mass is 9.96. The molecule has 0 radical (unpaired) electrons. The van der Waals surface area contributed by atoms with E-state index in [1.54, 1.807) is 4.90 Å². The largest absolute Gasteiger partial charge is 0.353 e. The van der Waals surface area contributed by atoms with E-state index in [0.29, 0.717) is 19.0 Å². The zero-order chi connectivity index (χ0) is 10.8. The van der Waals surface area contributed by atoms with Crippen molar-refractivity contribution in [1.29, 1.82) is 0 Å². The molecule has 0 aromatic heterocycles. The van der Waals surface area contributed by atoms with Crippen LogP contribution in [0.2, 0.25) is 0 Å². The first-order valence-electron chi connectivity index (χ1n) is 5.44. The zero-order valence-corrected chi connectivity index (χ0v) is 8.95. The normalized spacial score (nSPS) is 31.5. The molecule has 5 nitrogen and oxygen atoms in total. The van der Waals surface area contributed by atoms with Crippen molar-refractivity contribution < 1.29 is 9.59 Å². The summed E-state index contributed by atoms with van der Waals surface area (Å²) in [6.45, 7) is 5.18. The molecule has 0 aromatic rings. The summed E-state index contributed by atoms with van der Waals surface area (Å²) in [4.78, 5) is 24.9. The molecule has 2 amide bonds. The number of piperazine rings is 1. The van der Waals surface area contributed by atoms with E-state index < -0.39 is 0 Å². The van der Waals surface area contributed by atoms with E-state index >= 15 is 0 Å². The van der Waals surface area contributed by atoms with Crippen molar-refractivity contribution >= 4 is 11.8 Å². The minimum atomic E-state index is -0.0480. The number of carbonyl (C=O) groups excluding carboxylic acids is 2. The van der Waals surface area contributed by atoms with Crippen molar-refractivity contribution in [2.24, 2.45) is 11.8 Å². The van der Waals surface area contributed by atoms with Gasteiger partial charge in [0.25, 0.3) is 0 Å². The van der Waals surface area contributed by atoms with Crippen LogP contribution in [0.25, 0.3) is 0 Å². The Bertz CT molecular complexity index is 280. The molecule has 2 heterocycles. The molecule has 2 aliphatic heterocycles. The number of amides is 2. The molecule has 0 aromatic carbocycles. The first kappa shape index (κ1) is 10.4. The molecule has 0 spiro atoms. The highest BCUT2D eigenvalue weighted by atomic mass is 16.2. The van der Waals surface area contributed by atoms with Crippen LogP contribution in [-0.2, 0) is 9.59 Å². The van der Waals surface area contributed by atoms with Crippen molar-refractivity contribution in [2.45, 2.75) is 6.92 Å². The molecule has 15 heavy (non-hydrogen) atoms. The highest BCUT2D eigenvalue weighted by molar-refractivity contribution is 5.87. The maximum absolute atomic E-state index is 12.1. The van der Waals surface area contributed by atoms with E-state index in [-0.39, 0.29) is 24.3 Å². The number of nitrogens with one attached hydrogen (secondary N) is 2. The summed E-state index contributed by atoms with van der Waals surface area (Å²) >= 11 is 0. The van der Waals surface area contributed by atoms with Crippen LogP contribution in [0, 0.1) is 11.8 Å². The predicted octanol–water partition coefficient (Wildman–Crippen LogP) is -1.20. The van der Waals surface area contributed by atoms with E-state index in [4.69, 9.17) is 0 Å². The van der Waals surface area contributed by atoms with Gasteiger partial charge in [0.15, 0.2) is 0 Å². The van der Waals surface area contributed by atoms with Crippen LogP contribution in [0.3, 0.4) is 0 Å². The van der Waals surface area contributed by atoms with E-state index in [1.807, 2.05) is 0 Å². The minimum absolute atomic E-state index is 0.0480. The molecule has 5 heteroatoms. The van der Waals surface area contributed by atoms with Crippen molar-refractivity contribution in [3.05, 3.63) is 0 Å². The van der Waals surface area contributed by atoms with Gasteiger partial charge in [-0.3, -0.25) is 9.59 Å². The third-order valence-electron chi connectivity index (χ3n) is 3.18. The molecule has 0 aliphatic carbocycles. The van der Waals surface area contributed by atoms with Crippen LogP contribution in [0.4, 0.5) is 0 Å². The van der Waals surface area contributed by atoms with Gasteiger partial charge in [-0.1, -0.05) is 6.92 Å². The average Bonchev–Trinajstić information content (AvgIpc) is 2.63. The molecule has 2 fully saturated rings. The Morgan fingerprint density at radius 3 is 2.87 bits per heavy atom. The van der Waals surface area contributed by atoms with Gasteiger partial charge in [-0.2, -0.15) is 0 Å². The van der Waals surface area contributed by atoms with Gasteiger partial charge in [0, 0.05) is 19.6 Å². The van der Waals surface area contributed by atoms with Gasteiger partial charge in [0.05, 0.1) is 12.5 Å². The molecule has 2 rings (SSSR count). The van der Waals surface area contributed by atoms with Gasteiger partial charge in [0.1, 0.15) is 0 Å². The predicted molar refractivity (Wildman–Crippen MR) is 55.1 cm³/mol. The molecule has 2 atom stereocenters. The highest BCUT2D eigenvalue weighted by Gasteiger charge is 2.34. The van der Waals surface area contributed by atoms with Crippen LogP contribution in [0.15, 0.2) is 0 Å². The number of hydrogen-bond acceptors (Lipinski definition) is 3. The fraction of sp³-hybridized carbons (Fsp3) is 0.800. The van der Waals surface area contributed by atoms with Crippen LogP contribution >= 0.6 is 0 Å². The molecule has 0 bridgehead atoms. The van der Waals surface area contributed by atoms with Gasteiger partial charge < -0.3 is 15.5 Å². The van der Waals surface area contributed by atoms with E-state index in [9.17, 15) is 9.59 Å². The third-order valence-corrected chi connectivity index (χ3v) is 3.18. The summed E-state index contributed by atoms with van der Waals surface area (Å²) in [6, 6.07) is 0. The van der Waals surface area contributed by atoms with Crippen LogP contribution in [-0.4, -0.2) is 49.4 Å². The Morgan fingerprint density at radius 1 is 1.47 bits per heavy atom. The van der Waals surface area contributed by atoms with Gasteiger partial charge >= 0.3 is 0 Å². The van der Waals surface area contributed by atoms with E-state index in [1.165, 1.54) is 0 Å². The van der Waals surface area contributed by atoms with E-state index in [2.05, 4.69) is 17.6 Å². The lowest BCUT2D eigenvalue weighted by Gasteiger charge is -2.29. The summed E-state index contributed by atoms with van der Waals surface area (Å²) in [7, 11) is 0. The Hall–Kier alpha value is -1.10. The van der Waals surface area contributed by atoms with Crippen molar-refractivity contribution in [1.82, 2.24) is 15.5 Å². The maximum atomic E-state index is 12.1. The molecule has 2 aliphatic rings. The zero-order valence-electron chi connectivity index (χ0n) is 8.95. The van der Waals surface area contributed by atoms with Crippen molar-refractivity contribution in [3.8, 4) is 0 Å². The maximum Gasteiger partial charge on any atom is 0.239 e. The Morgan fingerprint density at radius 2 is 2.27 bits per heavy atom. The van der Waals surface area contributed by atoms with Crippen LogP contribution < -0.4 is 10.6 Å². The average molecular weight is 211 g/mol. The smallest absolute Gasteiger partial charge is 0.239 e. The Kier molecular flexibility index (Phi) is 2.90. The second-order valence-corrected chi connectivity index (χ2v) is 4.35. The SMILES string of the molecule is C[C@@H]1CNC[C@H]1C(=O)N1CCNC(=O)C1. The molecule has 2 N–H and O–H groups in total. The number of nitrogens with zero attached hydrogens (tertiary/aromatic N) is 1. The van der Waals surface area contributed by atoms with Crippen LogP contribution in [0.1, 0.15) is 6.92 Å². The number of rotatable bonds is 1. The summed E-state index contributed by atoms with van der Waals surface area (Å²) in [5.74, 6) is 0.508. The quantitative estimate of drug-likeness (QED) is 0.573.